The number of para-hydroxylation sites is 1. The molecular formula is C18H13F4N5. The Morgan fingerprint density at radius 1 is 1.11 bits per heavy atom. The maximum atomic E-state index is 14.2. The first-order valence-electron chi connectivity index (χ1n) is 7.97. The van der Waals surface area contributed by atoms with Gasteiger partial charge < -0.3 is 0 Å². The van der Waals surface area contributed by atoms with E-state index >= 15 is 0 Å². The Kier molecular flexibility index (Phi) is 3.76. The van der Waals surface area contributed by atoms with Crippen molar-refractivity contribution in [3.63, 3.8) is 0 Å². The second-order valence-electron chi connectivity index (χ2n) is 6.10. The molecule has 3 heterocycles. The molecule has 0 unspecified atom stereocenters. The van der Waals surface area contributed by atoms with Crippen LogP contribution in [0.3, 0.4) is 0 Å². The van der Waals surface area contributed by atoms with Gasteiger partial charge >= 0.3 is 6.18 Å². The van der Waals surface area contributed by atoms with Crippen molar-refractivity contribution in [2.75, 3.05) is 0 Å². The minimum atomic E-state index is -4.62. The average molecular weight is 375 g/mol. The number of hydrogen-bond donors (Lipinski definition) is 0. The Morgan fingerprint density at radius 3 is 2.48 bits per heavy atom. The molecule has 3 aromatic heterocycles. The van der Waals surface area contributed by atoms with Gasteiger partial charge in [0.2, 0.25) is 0 Å². The van der Waals surface area contributed by atoms with Gasteiger partial charge in [-0.25, -0.2) is 14.1 Å². The molecule has 0 aliphatic rings. The first kappa shape index (κ1) is 17.2. The lowest BCUT2D eigenvalue weighted by Gasteiger charge is -2.11. The number of hydrogen-bond acceptors (Lipinski definition) is 3. The summed E-state index contributed by atoms with van der Waals surface area (Å²) in [7, 11) is 1.65. The highest BCUT2D eigenvalue weighted by molar-refractivity contribution is 5.86. The monoisotopic (exact) mass is 375 g/mol. The molecule has 0 fully saturated rings. The molecule has 138 valence electrons. The Labute approximate surface area is 150 Å². The van der Waals surface area contributed by atoms with Gasteiger partial charge in [-0.3, -0.25) is 4.68 Å². The summed E-state index contributed by atoms with van der Waals surface area (Å²) in [6.45, 7) is 1.44. The number of aryl methyl sites for hydroxylation is 2. The molecule has 0 radical (unpaired) electrons. The van der Waals surface area contributed by atoms with Crippen LogP contribution < -0.4 is 0 Å². The van der Waals surface area contributed by atoms with Crippen molar-refractivity contribution in [3.05, 3.63) is 59.8 Å². The standard InChI is InChI=1S/C18H13F4N5/c1-10-16-12(18(20,21)22)7-14(11-8-23-26(2)9-11)24-17(16)27(25-10)15-6-4-3-5-13(15)19/h3-9H,1-2H3. The summed E-state index contributed by atoms with van der Waals surface area (Å²) in [6, 6.07) is 6.70. The predicted molar refractivity (Wildman–Crippen MR) is 90.8 cm³/mol. The van der Waals surface area contributed by atoms with Crippen LogP contribution in [-0.4, -0.2) is 24.5 Å². The van der Waals surface area contributed by atoms with Crippen LogP contribution in [0.5, 0.6) is 0 Å². The van der Waals surface area contributed by atoms with Crippen LogP contribution in [0.2, 0.25) is 0 Å². The summed E-state index contributed by atoms with van der Waals surface area (Å²) in [6.07, 6.45) is -1.64. The zero-order chi connectivity index (χ0) is 19.3. The number of fused-ring (bicyclic) bond motifs is 1. The van der Waals surface area contributed by atoms with Crippen LogP contribution in [0.15, 0.2) is 42.7 Å². The van der Waals surface area contributed by atoms with Gasteiger partial charge in [0, 0.05) is 18.8 Å². The summed E-state index contributed by atoms with van der Waals surface area (Å²) in [5.74, 6) is -0.607. The molecule has 0 atom stereocenters. The molecule has 0 amide bonds. The first-order chi connectivity index (χ1) is 12.8. The fraction of sp³-hybridized carbons (Fsp3) is 0.167. The molecule has 4 rings (SSSR count). The summed E-state index contributed by atoms with van der Waals surface area (Å²) in [5, 5.41) is 7.95. The number of benzene rings is 1. The Balaban J connectivity index is 2.09. The smallest absolute Gasteiger partial charge is 0.275 e. The van der Waals surface area contributed by atoms with Crippen molar-refractivity contribution in [2.24, 2.45) is 7.05 Å². The molecule has 5 nitrogen and oxygen atoms in total. The summed E-state index contributed by atoms with van der Waals surface area (Å²) in [4.78, 5) is 4.35. The third-order valence-corrected chi connectivity index (χ3v) is 4.20. The fourth-order valence-electron chi connectivity index (χ4n) is 3.01. The number of nitrogens with zero attached hydrogens (tertiary/aromatic N) is 5. The molecule has 0 saturated heterocycles. The average Bonchev–Trinajstić information content (AvgIpc) is 3.18. The third kappa shape index (κ3) is 2.84. The topological polar surface area (TPSA) is 48.5 Å². The van der Waals surface area contributed by atoms with E-state index in [0.29, 0.717) is 5.56 Å². The lowest BCUT2D eigenvalue weighted by atomic mass is 10.1. The van der Waals surface area contributed by atoms with Crippen molar-refractivity contribution in [1.82, 2.24) is 24.5 Å². The van der Waals surface area contributed by atoms with E-state index < -0.39 is 17.6 Å². The van der Waals surface area contributed by atoms with E-state index in [0.717, 1.165) is 10.7 Å². The lowest BCUT2D eigenvalue weighted by Crippen LogP contribution is -2.08. The molecular weight excluding hydrogens is 362 g/mol. The zero-order valence-corrected chi connectivity index (χ0v) is 14.3. The molecule has 4 aromatic rings. The molecule has 9 heteroatoms. The maximum Gasteiger partial charge on any atom is 0.417 e. The van der Waals surface area contributed by atoms with Gasteiger partial charge in [0.1, 0.15) is 11.5 Å². The van der Waals surface area contributed by atoms with E-state index in [4.69, 9.17) is 0 Å². The molecule has 0 aliphatic carbocycles. The van der Waals surface area contributed by atoms with Crippen LogP contribution in [0, 0.1) is 12.7 Å². The molecule has 0 saturated carbocycles. The van der Waals surface area contributed by atoms with Crippen molar-refractivity contribution in [3.8, 4) is 16.9 Å². The summed E-state index contributed by atoms with van der Waals surface area (Å²) < 4.78 is 58.0. The molecule has 0 N–H and O–H groups in total. The second-order valence-corrected chi connectivity index (χ2v) is 6.10. The lowest BCUT2D eigenvalue weighted by molar-refractivity contribution is -0.136. The molecule has 0 bridgehead atoms. The SMILES string of the molecule is Cc1nn(-c2ccccc2F)c2nc(-c3cnn(C)c3)cc(C(F)(F)F)c12. The minimum Gasteiger partial charge on any atom is -0.275 e. The van der Waals surface area contributed by atoms with Gasteiger partial charge in [-0.05, 0) is 25.1 Å². The van der Waals surface area contributed by atoms with Crippen molar-refractivity contribution in [2.45, 2.75) is 13.1 Å². The van der Waals surface area contributed by atoms with E-state index in [-0.39, 0.29) is 28.1 Å². The first-order valence-corrected chi connectivity index (χ1v) is 7.97. The van der Waals surface area contributed by atoms with Crippen molar-refractivity contribution in [1.29, 1.82) is 0 Å². The summed E-state index contributed by atoms with van der Waals surface area (Å²) in [5.41, 5.74) is -0.285. The van der Waals surface area contributed by atoms with E-state index in [1.807, 2.05) is 0 Å². The number of alkyl halides is 3. The second kappa shape index (κ2) is 5.90. The quantitative estimate of drug-likeness (QED) is 0.491. The van der Waals surface area contributed by atoms with Gasteiger partial charge in [-0.1, -0.05) is 12.1 Å². The van der Waals surface area contributed by atoms with Crippen LogP contribution in [-0.2, 0) is 13.2 Å². The van der Waals surface area contributed by atoms with E-state index in [2.05, 4.69) is 15.2 Å². The van der Waals surface area contributed by atoms with Crippen LogP contribution in [0.25, 0.3) is 28.0 Å². The van der Waals surface area contributed by atoms with Crippen molar-refractivity contribution < 1.29 is 17.6 Å². The van der Waals surface area contributed by atoms with E-state index in [9.17, 15) is 17.6 Å². The number of rotatable bonds is 2. The molecule has 0 aliphatic heterocycles. The Hall–Kier alpha value is -3.23. The van der Waals surface area contributed by atoms with Crippen LogP contribution in [0.4, 0.5) is 17.6 Å². The van der Waals surface area contributed by atoms with Gasteiger partial charge in [-0.2, -0.15) is 23.4 Å². The number of aromatic nitrogens is 5. The zero-order valence-electron chi connectivity index (χ0n) is 14.3. The van der Waals surface area contributed by atoms with Gasteiger partial charge in [-0.15, -0.1) is 0 Å². The molecule has 27 heavy (non-hydrogen) atoms. The predicted octanol–water partition coefficient (Wildman–Crippen LogP) is 4.29. The maximum absolute atomic E-state index is 14.2. The minimum absolute atomic E-state index is 0.0274. The van der Waals surface area contributed by atoms with E-state index in [1.54, 1.807) is 19.3 Å². The molecule has 0 spiro atoms. The normalized spacial score (nSPS) is 12.1. The fourth-order valence-corrected chi connectivity index (χ4v) is 3.01. The highest BCUT2D eigenvalue weighted by Gasteiger charge is 2.36. The highest BCUT2D eigenvalue weighted by Crippen LogP contribution is 2.38. The van der Waals surface area contributed by atoms with Gasteiger partial charge in [0.15, 0.2) is 5.65 Å². The van der Waals surface area contributed by atoms with Crippen LogP contribution in [0.1, 0.15) is 11.3 Å². The Bertz CT molecular complexity index is 1160. The Morgan fingerprint density at radius 2 is 1.85 bits per heavy atom. The van der Waals surface area contributed by atoms with Gasteiger partial charge in [0.25, 0.3) is 0 Å². The van der Waals surface area contributed by atoms with Crippen LogP contribution >= 0.6 is 0 Å². The largest absolute Gasteiger partial charge is 0.417 e. The number of pyridine rings is 1. The number of halogens is 4. The van der Waals surface area contributed by atoms with Crippen molar-refractivity contribution >= 4 is 11.0 Å². The summed E-state index contributed by atoms with van der Waals surface area (Å²) >= 11 is 0. The molecule has 1 aromatic carbocycles. The van der Waals surface area contributed by atoms with Gasteiger partial charge in [0.05, 0.1) is 28.5 Å². The third-order valence-electron chi connectivity index (χ3n) is 4.20. The van der Waals surface area contributed by atoms with E-state index in [1.165, 1.54) is 36.0 Å². The highest BCUT2D eigenvalue weighted by atomic mass is 19.4.